The van der Waals surface area contributed by atoms with Gasteiger partial charge in [-0.25, -0.2) is 13.1 Å². The van der Waals surface area contributed by atoms with Crippen LogP contribution < -0.4 is 10.0 Å². The SMILES string of the molecule is Cc1ccc(C)c(NC(=O)c2cccc(S(=O)(=O)NCc3ccccc3)c2)c1. The number of benzene rings is 3. The molecule has 0 spiro atoms. The summed E-state index contributed by atoms with van der Waals surface area (Å²) in [6.45, 7) is 4.03. The lowest BCUT2D eigenvalue weighted by molar-refractivity contribution is 0.102. The molecule has 0 unspecified atom stereocenters. The van der Waals surface area contributed by atoms with Gasteiger partial charge < -0.3 is 5.32 Å². The van der Waals surface area contributed by atoms with Gasteiger partial charge in [0.05, 0.1) is 4.90 Å². The van der Waals surface area contributed by atoms with Crippen molar-refractivity contribution in [3.63, 3.8) is 0 Å². The summed E-state index contributed by atoms with van der Waals surface area (Å²) in [6.07, 6.45) is 0. The first-order chi connectivity index (χ1) is 13.3. The van der Waals surface area contributed by atoms with Crippen LogP contribution in [0.3, 0.4) is 0 Å². The Labute approximate surface area is 165 Å². The molecule has 0 heterocycles. The minimum Gasteiger partial charge on any atom is -0.322 e. The van der Waals surface area contributed by atoms with E-state index >= 15 is 0 Å². The van der Waals surface area contributed by atoms with E-state index in [0.29, 0.717) is 5.69 Å². The number of aryl methyl sites for hydroxylation is 2. The molecule has 0 aromatic heterocycles. The topological polar surface area (TPSA) is 75.3 Å². The molecule has 1 amide bonds. The summed E-state index contributed by atoms with van der Waals surface area (Å²) in [5.74, 6) is -0.353. The summed E-state index contributed by atoms with van der Waals surface area (Å²) < 4.78 is 27.8. The van der Waals surface area contributed by atoms with Crippen molar-refractivity contribution in [3.05, 3.63) is 95.1 Å². The van der Waals surface area contributed by atoms with E-state index in [1.807, 2.05) is 62.4 Å². The molecule has 0 radical (unpaired) electrons. The first-order valence-electron chi connectivity index (χ1n) is 8.87. The molecule has 0 atom stereocenters. The summed E-state index contributed by atoms with van der Waals surface area (Å²) in [6, 6.07) is 21.1. The van der Waals surface area contributed by atoms with Crippen molar-refractivity contribution in [1.29, 1.82) is 0 Å². The normalized spacial score (nSPS) is 11.2. The van der Waals surface area contributed by atoms with Crippen molar-refractivity contribution < 1.29 is 13.2 Å². The molecule has 3 aromatic rings. The van der Waals surface area contributed by atoms with E-state index in [-0.39, 0.29) is 22.9 Å². The molecule has 0 saturated heterocycles. The zero-order valence-electron chi connectivity index (χ0n) is 15.8. The predicted octanol–water partition coefficient (Wildman–Crippen LogP) is 4.03. The Bertz CT molecular complexity index is 1090. The van der Waals surface area contributed by atoms with Crippen molar-refractivity contribution >= 4 is 21.6 Å². The third kappa shape index (κ3) is 4.85. The lowest BCUT2D eigenvalue weighted by Crippen LogP contribution is -2.23. The number of hydrogen-bond acceptors (Lipinski definition) is 3. The standard InChI is InChI=1S/C22H22N2O3S/c1-16-11-12-17(2)21(13-16)24-22(25)19-9-6-10-20(14-19)28(26,27)23-15-18-7-4-3-5-8-18/h3-14,23H,15H2,1-2H3,(H,24,25). The number of hydrogen-bond donors (Lipinski definition) is 2. The lowest BCUT2D eigenvalue weighted by Gasteiger charge is -2.11. The number of carbonyl (C=O) groups excluding carboxylic acids is 1. The maximum Gasteiger partial charge on any atom is 0.255 e. The summed E-state index contributed by atoms with van der Waals surface area (Å²) in [7, 11) is -3.73. The van der Waals surface area contributed by atoms with E-state index < -0.39 is 10.0 Å². The van der Waals surface area contributed by atoms with E-state index in [0.717, 1.165) is 16.7 Å². The summed E-state index contributed by atoms with van der Waals surface area (Å²) in [5.41, 5.74) is 3.81. The summed E-state index contributed by atoms with van der Waals surface area (Å²) >= 11 is 0. The molecule has 2 N–H and O–H groups in total. The van der Waals surface area contributed by atoms with Crippen LogP contribution in [0.15, 0.2) is 77.7 Å². The van der Waals surface area contributed by atoms with Gasteiger partial charge in [0.2, 0.25) is 10.0 Å². The Kier molecular flexibility index (Phi) is 5.92. The van der Waals surface area contributed by atoms with Gasteiger partial charge in [-0.3, -0.25) is 4.79 Å². The maximum absolute atomic E-state index is 12.6. The molecule has 0 aliphatic heterocycles. The Balaban J connectivity index is 1.77. The Hall–Kier alpha value is -2.96. The van der Waals surface area contributed by atoms with Gasteiger partial charge in [-0.1, -0.05) is 48.5 Å². The lowest BCUT2D eigenvalue weighted by atomic mass is 10.1. The molecule has 3 rings (SSSR count). The Morgan fingerprint density at radius 1 is 0.893 bits per heavy atom. The third-order valence-corrected chi connectivity index (χ3v) is 5.76. The van der Waals surface area contributed by atoms with Gasteiger partial charge in [-0.2, -0.15) is 0 Å². The Morgan fingerprint density at radius 3 is 2.39 bits per heavy atom. The smallest absolute Gasteiger partial charge is 0.255 e. The van der Waals surface area contributed by atoms with Crippen LogP contribution in [0.4, 0.5) is 5.69 Å². The summed E-state index contributed by atoms with van der Waals surface area (Å²) in [5, 5.41) is 2.85. The molecule has 0 bridgehead atoms. The number of sulfonamides is 1. The molecule has 0 saturated carbocycles. The van der Waals surface area contributed by atoms with E-state index in [9.17, 15) is 13.2 Å². The zero-order chi connectivity index (χ0) is 20.1. The van der Waals surface area contributed by atoms with E-state index in [1.54, 1.807) is 12.1 Å². The van der Waals surface area contributed by atoms with Gasteiger partial charge in [0.15, 0.2) is 0 Å². The van der Waals surface area contributed by atoms with Crippen LogP contribution in [0.25, 0.3) is 0 Å². The molecular formula is C22H22N2O3S. The van der Waals surface area contributed by atoms with Crippen molar-refractivity contribution in [3.8, 4) is 0 Å². The average molecular weight is 394 g/mol. The van der Waals surface area contributed by atoms with Gasteiger partial charge in [0, 0.05) is 17.8 Å². The van der Waals surface area contributed by atoms with Crippen molar-refractivity contribution in [2.24, 2.45) is 0 Å². The molecular weight excluding hydrogens is 372 g/mol. The Morgan fingerprint density at radius 2 is 1.64 bits per heavy atom. The number of carbonyl (C=O) groups is 1. The minimum absolute atomic E-state index is 0.0528. The van der Waals surface area contributed by atoms with E-state index in [4.69, 9.17) is 0 Å². The fraction of sp³-hybridized carbons (Fsp3) is 0.136. The highest BCUT2D eigenvalue weighted by Gasteiger charge is 2.16. The predicted molar refractivity (Wildman–Crippen MR) is 111 cm³/mol. The largest absolute Gasteiger partial charge is 0.322 e. The highest BCUT2D eigenvalue weighted by atomic mass is 32.2. The molecule has 5 nitrogen and oxygen atoms in total. The zero-order valence-corrected chi connectivity index (χ0v) is 16.6. The fourth-order valence-corrected chi connectivity index (χ4v) is 3.79. The van der Waals surface area contributed by atoms with Crippen molar-refractivity contribution in [2.45, 2.75) is 25.3 Å². The summed E-state index contributed by atoms with van der Waals surface area (Å²) in [4.78, 5) is 12.7. The maximum atomic E-state index is 12.6. The van der Waals surface area contributed by atoms with Crippen LogP contribution in [-0.4, -0.2) is 14.3 Å². The van der Waals surface area contributed by atoms with Gasteiger partial charge >= 0.3 is 0 Å². The minimum atomic E-state index is -3.73. The monoisotopic (exact) mass is 394 g/mol. The highest BCUT2D eigenvalue weighted by Crippen LogP contribution is 2.19. The van der Waals surface area contributed by atoms with E-state index in [2.05, 4.69) is 10.0 Å². The molecule has 6 heteroatoms. The van der Waals surface area contributed by atoms with Crippen LogP contribution in [0.2, 0.25) is 0 Å². The number of anilines is 1. The number of nitrogens with one attached hydrogen (secondary N) is 2. The number of amides is 1. The average Bonchev–Trinajstić information content (AvgIpc) is 2.70. The quantitative estimate of drug-likeness (QED) is 0.663. The van der Waals surface area contributed by atoms with Crippen LogP contribution in [0.1, 0.15) is 27.0 Å². The van der Waals surface area contributed by atoms with Gasteiger partial charge in [0.25, 0.3) is 5.91 Å². The van der Waals surface area contributed by atoms with Crippen LogP contribution in [-0.2, 0) is 16.6 Å². The first kappa shape index (κ1) is 19.8. The van der Waals surface area contributed by atoms with Crippen molar-refractivity contribution in [2.75, 3.05) is 5.32 Å². The molecule has 0 fully saturated rings. The second-order valence-electron chi connectivity index (χ2n) is 6.61. The molecule has 0 aliphatic rings. The van der Waals surface area contributed by atoms with Gasteiger partial charge in [0.1, 0.15) is 0 Å². The van der Waals surface area contributed by atoms with Crippen LogP contribution in [0, 0.1) is 13.8 Å². The molecule has 3 aromatic carbocycles. The van der Waals surface area contributed by atoms with Gasteiger partial charge in [-0.05, 0) is 54.8 Å². The third-order valence-electron chi connectivity index (χ3n) is 4.36. The number of rotatable bonds is 6. The van der Waals surface area contributed by atoms with Gasteiger partial charge in [-0.15, -0.1) is 0 Å². The fourth-order valence-electron chi connectivity index (χ4n) is 2.73. The van der Waals surface area contributed by atoms with E-state index in [1.165, 1.54) is 12.1 Å². The van der Waals surface area contributed by atoms with Crippen molar-refractivity contribution in [1.82, 2.24) is 4.72 Å². The molecule has 28 heavy (non-hydrogen) atoms. The second-order valence-corrected chi connectivity index (χ2v) is 8.38. The van der Waals surface area contributed by atoms with Crippen LogP contribution in [0.5, 0.6) is 0 Å². The first-order valence-corrected chi connectivity index (χ1v) is 10.4. The molecule has 144 valence electrons. The second kappa shape index (κ2) is 8.37. The highest BCUT2D eigenvalue weighted by molar-refractivity contribution is 7.89. The van der Waals surface area contributed by atoms with Crippen LogP contribution >= 0.6 is 0 Å². The molecule has 0 aliphatic carbocycles.